The number of carbonyl (C=O) groups excluding carboxylic acids is 2. The van der Waals surface area contributed by atoms with Gasteiger partial charge in [0.2, 0.25) is 5.91 Å². The third-order valence-electron chi connectivity index (χ3n) is 15.1. The standard InChI is InChI=1S/C64H125NO5/c1-3-5-7-9-11-13-15-17-29-34-38-42-46-50-54-58-64(69)70-59-55-51-47-43-39-35-31-28-26-24-22-20-18-19-21-23-25-27-30-33-37-41-45-49-53-57-63(68)65-61(60-66)62(67)56-52-48-44-40-36-32-16-14-12-10-8-6-4-2/h17,29,61-62,66-67H,3-16,18-28,30-60H2,1-2H3,(H,65,68)/b29-17-. The lowest BCUT2D eigenvalue weighted by atomic mass is 10.0. The van der Waals surface area contributed by atoms with Gasteiger partial charge in [0.15, 0.2) is 0 Å². The molecule has 2 atom stereocenters. The van der Waals surface area contributed by atoms with Gasteiger partial charge in [-0.1, -0.05) is 309 Å². The highest BCUT2D eigenvalue weighted by atomic mass is 16.5. The smallest absolute Gasteiger partial charge is 0.305 e. The van der Waals surface area contributed by atoms with Crippen molar-refractivity contribution in [3.05, 3.63) is 12.2 Å². The first kappa shape index (κ1) is 68.6. The number of rotatable bonds is 60. The number of unbranched alkanes of at least 4 members (excludes halogenated alkanes) is 47. The van der Waals surface area contributed by atoms with E-state index in [1.165, 1.54) is 283 Å². The predicted molar refractivity (Wildman–Crippen MR) is 306 cm³/mol. The SMILES string of the molecule is CCCCCCCC/C=C\CCCCCCCC(=O)OCCCCCCCCCCCCCCCCCCCCCCCCCCCC(=O)NC(CO)C(O)CCCCCCCCCCCCCCC. The highest BCUT2D eigenvalue weighted by Gasteiger charge is 2.20. The van der Waals surface area contributed by atoms with Crippen molar-refractivity contribution in [2.24, 2.45) is 0 Å². The van der Waals surface area contributed by atoms with Crippen molar-refractivity contribution in [3.8, 4) is 0 Å². The van der Waals surface area contributed by atoms with Crippen molar-refractivity contribution in [3.63, 3.8) is 0 Å². The number of allylic oxidation sites excluding steroid dienone is 2. The molecule has 0 rings (SSSR count). The summed E-state index contributed by atoms with van der Waals surface area (Å²) in [6, 6.07) is -0.538. The largest absolute Gasteiger partial charge is 0.466 e. The first-order chi connectivity index (χ1) is 34.5. The second-order valence-electron chi connectivity index (χ2n) is 22.1. The van der Waals surface area contributed by atoms with E-state index in [9.17, 15) is 19.8 Å². The predicted octanol–water partition coefficient (Wildman–Crippen LogP) is 20.0. The van der Waals surface area contributed by atoms with Crippen molar-refractivity contribution in [1.82, 2.24) is 5.32 Å². The third-order valence-corrected chi connectivity index (χ3v) is 15.1. The molecule has 0 saturated carbocycles. The van der Waals surface area contributed by atoms with Crippen LogP contribution in [0, 0.1) is 0 Å². The van der Waals surface area contributed by atoms with Crippen LogP contribution < -0.4 is 5.32 Å². The van der Waals surface area contributed by atoms with E-state index in [0.29, 0.717) is 25.9 Å². The number of ether oxygens (including phenoxy) is 1. The van der Waals surface area contributed by atoms with Crippen molar-refractivity contribution in [1.29, 1.82) is 0 Å². The maximum Gasteiger partial charge on any atom is 0.305 e. The van der Waals surface area contributed by atoms with Crippen LogP contribution in [0.4, 0.5) is 0 Å². The van der Waals surface area contributed by atoms with Crippen LogP contribution in [-0.4, -0.2) is 47.4 Å². The summed E-state index contributed by atoms with van der Waals surface area (Å²) in [6.07, 6.45) is 72.3. The fourth-order valence-electron chi connectivity index (χ4n) is 10.2. The lowest BCUT2D eigenvalue weighted by molar-refractivity contribution is -0.143. The highest BCUT2D eigenvalue weighted by molar-refractivity contribution is 5.76. The average molecular weight is 989 g/mol. The summed E-state index contributed by atoms with van der Waals surface area (Å²) < 4.78 is 5.49. The van der Waals surface area contributed by atoms with E-state index in [-0.39, 0.29) is 18.5 Å². The van der Waals surface area contributed by atoms with Gasteiger partial charge in [-0.3, -0.25) is 9.59 Å². The van der Waals surface area contributed by atoms with Crippen LogP contribution in [0.25, 0.3) is 0 Å². The molecule has 2 unspecified atom stereocenters. The summed E-state index contributed by atoms with van der Waals surface area (Å²) in [5, 5.41) is 23.3. The third kappa shape index (κ3) is 55.9. The average Bonchev–Trinajstić information content (AvgIpc) is 3.36. The Kier molecular flexibility index (Phi) is 59.0. The Hall–Kier alpha value is -1.40. The Morgan fingerprint density at radius 1 is 0.386 bits per heavy atom. The zero-order chi connectivity index (χ0) is 50.7. The molecule has 0 aromatic rings. The molecule has 70 heavy (non-hydrogen) atoms. The molecular weight excluding hydrogens is 863 g/mol. The Labute approximate surface area is 438 Å². The molecule has 0 radical (unpaired) electrons. The zero-order valence-electron chi connectivity index (χ0n) is 47.5. The minimum atomic E-state index is -0.661. The molecule has 0 aliphatic heterocycles. The quantitative estimate of drug-likeness (QED) is 0.0321. The first-order valence-corrected chi connectivity index (χ1v) is 31.9. The van der Waals surface area contributed by atoms with Crippen LogP contribution in [-0.2, 0) is 14.3 Å². The number of aliphatic hydroxyl groups is 2. The van der Waals surface area contributed by atoms with Gasteiger partial charge in [0.25, 0.3) is 0 Å². The van der Waals surface area contributed by atoms with Gasteiger partial charge in [-0.15, -0.1) is 0 Å². The molecule has 0 fully saturated rings. The van der Waals surface area contributed by atoms with Gasteiger partial charge in [0.1, 0.15) is 0 Å². The molecule has 1 amide bonds. The monoisotopic (exact) mass is 988 g/mol. The van der Waals surface area contributed by atoms with Crippen LogP contribution in [0.3, 0.4) is 0 Å². The summed E-state index contributed by atoms with van der Waals surface area (Å²) >= 11 is 0. The summed E-state index contributed by atoms with van der Waals surface area (Å²) in [4.78, 5) is 24.5. The molecule has 0 aliphatic carbocycles. The molecular formula is C64H125NO5. The van der Waals surface area contributed by atoms with Crippen LogP contribution in [0.5, 0.6) is 0 Å². The lowest BCUT2D eigenvalue weighted by Gasteiger charge is -2.22. The molecule has 0 saturated heterocycles. The van der Waals surface area contributed by atoms with Crippen molar-refractivity contribution in [2.45, 2.75) is 373 Å². The van der Waals surface area contributed by atoms with Crippen molar-refractivity contribution >= 4 is 11.9 Å². The van der Waals surface area contributed by atoms with Gasteiger partial charge in [0.05, 0.1) is 25.4 Å². The van der Waals surface area contributed by atoms with E-state index >= 15 is 0 Å². The second kappa shape index (κ2) is 60.2. The second-order valence-corrected chi connectivity index (χ2v) is 22.1. The van der Waals surface area contributed by atoms with Gasteiger partial charge in [-0.2, -0.15) is 0 Å². The van der Waals surface area contributed by atoms with Gasteiger partial charge in [0, 0.05) is 12.8 Å². The number of amides is 1. The fraction of sp³-hybridized carbons (Fsp3) is 0.938. The van der Waals surface area contributed by atoms with E-state index in [1.54, 1.807) is 0 Å². The van der Waals surface area contributed by atoms with Gasteiger partial charge in [-0.05, 0) is 51.4 Å². The van der Waals surface area contributed by atoms with Crippen LogP contribution in [0.1, 0.15) is 361 Å². The molecule has 0 aromatic heterocycles. The minimum absolute atomic E-state index is 0.00913. The molecule has 3 N–H and O–H groups in total. The maximum atomic E-state index is 12.5. The number of hydrogen-bond donors (Lipinski definition) is 3. The van der Waals surface area contributed by atoms with Gasteiger partial charge >= 0.3 is 5.97 Å². The minimum Gasteiger partial charge on any atom is -0.466 e. The summed E-state index contributed by atoms with van der Waals surface area (Å²) in [7, 11) is 0. The number of aliphatic hydroxyl groups excluding tert-OH is 2. The molecule has 0 heterocycles. The van der Waals surface area contributed by atoms with E-state index in [2.05, 4.69) is 31.3 Å². The van der Waals surface area contributed by atoms with Crippen LogP contribution >= 0.6 is 0 Å². The molecule has 0 aliphatic rings. The van der Waals surface area contributed by atoms with E-state index in [1.807, 2.05) is 0 Å². The Morgan fingerprint density at radius 2 is 0.671 bits per heavy atom. The zero-order valence-corrected chi connectivity index (χ0v) is 47.5. The number of nitrogens with one attached hydrogen (secondary N) is 1. The molecule has 6 heteroatoms. The Balaban J connectivity index is 3.34. The van der Waals surface area contributed by atoms with Crippen molar-refractivity contribution < 1.29 is 24.5 Å². The van der Waals surface area contributed by atoms with E-state index in [0.717, 1.165) is 44.9 Å². The van der Waals surface area contributed by atoms with Gasteiger partial charge in [-0.25, -0.2) is 0 Å². The summed E-state index contributed by atoms with van der Waals surface area (Å²) in [5.41, 5.74) is 0. The Bertz CT molecular complexity index is 1050. The molecule has 0 spiro atoms. The topological polar surface area (TPSA) is 95.9 Å². The number of hydrogen-bond acceptors (Lipinski definition) is 5. The van der Waals surface area contributed by atoms with Crippen LogP contribution in [0.15, 0.2) is 12.2 Å². The number of esters is 1. The summed E-state index contributed by atoms with van der Waals surface area (Å²) in [5.74, 6) is -0.0223. The molecule has 6 nitrogen and oxygen atoms in total. The summed E-state index contributed by atoms with van der Waals surface area (Å²) in [6.45, 7) is 4.97. The molecule has 0 bridgehead atoms. The lowest BCUT2D eigenvalue weighted by Crippen LogP contribution is -2.45. The van der Waals surface area contributed by atoms with Crippen LogP contribution in [0.2, 0.25) is 0 Å². The molecule has 416 valence electrons. The van der Waals surface area contributed by atoms with Gasteiger partial charge < -0.3 is 20.3 Å². The number of carbonyl (C=O) groups is 2. The highest BCUT2D eigenvalue weighted by Crippen LogP contribution is 2.18. The van der Waals surface area contributed by atoms with E-state index in [4.69, 9.17) is 4.74 Å². The maximum absolute atomic E-state index is 12.5. The normalized spacial score (nSPS) is 12.6. The van der Waals surface area contributed by atoms with Crippen molar-refractivity contribution in [2.75, 3.05) is 13.2 Å². The van der Waals surface area contributed by atoms with E-state index < -0.39 is 12.1 Å². The fourth-order valence-corrected chi connectivity index (χ4v) is 10.2. The molecule has 0 aromatic carbocycles. The first-order valence-electron chi connectivity index (χ1n) is 31.9. The Morgan fingerprint density at radius 3 is 1.01 bits per heavy atom.